The summed E-state index contributed by atoms with van der Waals surface area (Å²) in [6.07, 6.45) is 3.61. The summed E-state index contributed by atoms with van der Waals surface area (Å²) in [5, 5.41) is 12.1. The van der Waals surface area contributed by atoms with Crippen LogP contribution in [0, 0.1) is 11.3 Å². The van der Waals surface area contributed by atoms with Crippen LogP contribution in [0.2, 0.25) is 0 Å². The van der Waals surface area contributed by atoms with E-state index in [1.165, 1.54) is 11.3 Å². The molecule has 3 aromatic heterocycles. The molecule has 0 saturated carbocycles. The molecule has 0 atom stereocenters. The number of hydrogen-bond acceptors (Lipinski definition) is 4. The van der Waals surface area contributed by atoms with Gasteiger partial charge in [-0.3, -0.25) is 0 Å². The zero-order chi connectivity index (χ0) is 11.0. The van der Waals surface area contributed by atoms with Crippen LogP contribution in [0.1, 0.15) is 5.01 Å². The second kappa shape index (κ2) is 3.43. The Hall–Kier alpha value is -2.19. The lowest BCUT2D eigenvalue weighted by molar-refractivity contribution is 1.32. The van der Waals surface area contributed by atoms with Crippen LogP contribution in [0.25, 0.3) is 22.3 Å². The van der Waals surface area contributed by atoms with Gasteiger partial charge < -0.3 is 4.98 Å². The molecule has 0 aromatic carbocycles. The number of fused-ring (bicyclic) bond motifs is 1. The van der Waals surface area contributed by atoms with Gasteiger partial charge in [0.05, 0.1) is 5.69 Å². The zero-order valence-corrected chi connectivity index (χ0v) is 8.95. The molecular formula is C11H6N4S. The predicted octanol–water partition coefficient (Wildman–Crippen LogP) is 2.56. The van der Waals surface area contributed by atoms with Crippen LogP contribution in [0.15, 0.2) is 29.9 Å². The summed E-state index contributed by atoms with van der Waals surface area (Å²) in [6.45, 7) is 0. The van der Waals surface area contributed by atoms with E-state index in [0.29, 0.717) is 5.01 Å². The normalized spacial score (nSPS) is 10.4. The van der Waals surface area contributed by atoms with Crippen molar-refractivity contribution in [2.24, 2.45) is 0 Å². The molecular weight excluding hydrogens is 220 g/mol. The fraction of sp³-hybridized carbons (Fsp3) is 0. The molecule has 4 nitrogen and oxygen atoms in total. The molecule has 0 saturated heterocycles. The van der Waals surface area contributed by atoms with Gasteiger partial charge in [0.15, 0.2) is 5.01 Å². The van der Waals surface area contributed by atoms with E-state index >= 15 is 0 Å². The van der Waals surface area contributed by atoms with Crippen molar-refractivity contribution in [2.45, 2.75) is 0 Å². The lowest BCUT2D eigenvalue weighted by Gasteiger charge is -1.91. The molecule has 0 aliphatic rings. The molecule has 3 heterocycles. The summed E-state index contributed by atoms with van der Waals surface area (Å²) in [5.41, 5.74) is 2.64. The van der Waals surface area contributed by atoms with Crippen LogP contribution >= 0.6 is 11.3 Å². The van der Waals surface area contributed by atoms with Gasteiger partial charge in [0.2, 0.25) is 0 Å². The molecule has 0 radical (unpaired) electrons. The van der Waals surface area contributed by atoms with Crippen molar-refractivity contribution in [3.05, 3.63) is 34.9 Å². The molecule has 0 unspecified atom stereocenters. The summed E-state index contributed by atoms with van der Waals surface area (Å²) in [6, 6.07) is 5.91. The van der Waals surface area contributed by atoms with Crippen LogP contribution in [-0.4, -0.2) is 15.0 Å². The van der Waals surface area contributed by atoms with Gasteiger partial charge in [0.25, 0.3) is 0 Å². The van der Waals surface area contributed by atoms with E-state index in [-0.39, 0.29) is 0 Å². The number of thiazole rings is 1. The fourth-order valence-corrected chi connectivity index (χ4v) is 2.22. The molecule has 0 aliphatic heterocycles. The van der Waals surface area contributed by atoms with Gasteiger partial charge in [-0.05, 0) is 12.1 Å². The van der Waals surface area contributed by atoms with Crippen molar-refractivity contribution < 1.29 is 0 Å². The number of nitriles is 1. The first-order chi connectivity index (χ1) is 7.88. The minimum absolute atomic E-state index is 0.480. The largest absolute Gasteiger partial charge is 0.345 e. The highest BCUT2D eigenvalue weighted by Crippen LogP contribution is 2.28. The minimum atomic E-state index is 0.480. The van der Waals surface area contributed by atoms with Crippen molar-refractivity contribution >= 4 is 22.4 Å². The van der Waals surface area contributed by atoms with E-state index in [9.17, 15) is 0 Å². The Kier molecular flexibility index (Phi) is 1.95. The molecule has 5 heteroatoms. The van der Waals surface area contributed by atoms with Crippen LogP contribution in [-0.2, 0) is 0 Å². The maximum atomic E-state index is 8.74. The Morgan fingerprint density at radius 2 is 2.38 bits per heavy atom. The summed E-state index contributed by atoms with van der Waals surface area (Å²) in [5.74, 6) is 0. The van der Waals surface area contributed by atoms with Crippen LogP contribution in [0.4, 0.5) is 0 Å². The highest BCUT2D eigenvalue weighted by atomic mass is 32.1. The Bertz CT molecular complexity index is 689. The molecule has 3 aromatic rings. The van der Waals surface area contributed by atoms with Crippen LogP contribution < -0.4 is 0 Å². The van der Waals surface area contributed by atoms with Crippen molar-refractivity contribution in [3.63, 3.8) is 0 Å². The highest BCUT2D eigenvalue weighted by Gasteiger charge is 2.09. The molecule has 0 fully saturated rings. The Morgan fingerprint density at radius 3 is 3.19 bits per heavy atom. The fourth-order valence-electron chi connectivity index (χ4n) is 1.62. The predicted molar refractivity (Wildman–Crippen MR) is 61.9 cm³/mol. The van der Waals surface area contributed by atoms with Gasteiger partial charge in [-0.15, -0.1) is 11.3 Å². The van der Waals surface area contributed by atoms with Gasteiger partial charge >= 0.3 is 0 Å². The summed E-state index contributed by atoms with van der Waals surface area (Å²) < 4.78 is 0. The zero-order valence-electron chi connectivity index (χ0n) is 8.14. The summed E-state index contributed by atoms with van der Waals surface area (Å²) in [7, 11) is 0. The van der Waals surface area contributed by atoms with Crippen LogP contribution in [0.5, 0.6) is 0 Å². The van der Waals surface area contributed by atoms with Crippen molar-refractivity contribution in [1.82, 2.24) is 15.0 Å². The van der Waals surface area contributed by atoms with Gasteiger partial charge in [-0.2, -0.15) is 5.26 Å². The SMILES string of the molecule is N#Cc1nc(-c2c[nH]c3ncccc23)cs1. The van der Waals surface area contributed by atoms with Crippen molar-refractivity contribution in [3.8, 4) is 17.3 Å². The Balaban J connectivity index is 2.23. The van der Waals surface area contributed by atoms with E-state index in [1.807, 2.05) is 29.8 Å². The average Bonchev–Trinajstić information content (AvgIpc) is 2.94. The molecule has 0 spiro atoms. The number of H-pyrrole nitrogens is 1. The molecule has 76 valence electrons. The Labute approximate surface area is 95.2 Å². The quantitative estimate of drug-likeness (QED) is 0.693. The maximum absolute atomic E-state index is 8.74. The van der Waals surface area contributed by atoms with Crippen LogP contribution in [0.3, 0.4) is 0 Å². The number of hydrogen-bond donors (Lipinski definition) is 1. The monoisotopic (exact) mass is 226 g/mol. The molecule has 0 amide bonds. The first-order valence-corrected chi connectivity index (χ1v) is 5.54. The third-order valence-electron chi connectivity index (χ3n) is 2.33. The van der Waals surface area contributed by atoms with Gasteiger partial charge in [0.1, 0.15) is 11.7 Å². The van der Waals surface area contributed by atoms with E-state index in [1.54, 1.807) is 6.20 Å². The lowest BCUT2D eigenvalue weighted by atomic mass is 10.2. The first-order valence-electron chi connectivity index (χ1n) is 4.66. The first kappa shape index (κ1) is 9.07. The van der Waals surface area contributed by atoms with Gasteiger partial charge in [-0.25, -0.2) is 9.97 Å². The second-order valence-electron chi connectivity index (χ2n) is 3.25. The summed E-state index contributed by atoms with van der Waals surface area (Å²) >= 11 is 1.35. The number of nitrogens with one attached hydrogen (secondary N) is 1. The highest BCUT2D eigenvalue weighted by molar-refractivity contribution is 7.10. The third-order valence-corrected chi connectivity index (χ3v) is 3.07. The van der Waals surface area contributed by atoms with Gasteiger partial charge in [0, 0.05) is 28.7 Å². The number of rotatable bonds is 1. The standard InChI is InChI=1S/C11H6N4S/c12-4-10-15-9(6-16-10)8-5-14-11-7(8)2-1-3-13-11/h1-3,5-6H,(H,13,14). The lowest BCUT2D eigenvalue weighted by Crippen LogP contribution is -1.77. The average molecular weight is 226 g/mol. The maximum Gasteiger partial charge on any atom is 0.194 e. The molecule has 0 aliphatic carbocycles. The molecule has 16 heavy (non-hydrogen) atoms. The number of aromatic nitrogens is 3. The Morgan fingerprint density at radius 1 is 1.44 bits per heavy atom. The smallest absolute Gasteiger partial charge is 0.194 e. The number of nitrogens with zero attached hydrogens (tertiary/aromatic N) is 3. The van der Waals surface area contributed by atoms with Crippen molar-refractivity contribution in [1.29, 1.82) is 5.26 Å². The van der Waals surface area contributed by atoms with Gasteiger partial charge in [-0.1, -0.05) is 0 Å². The van der Waals surface area contributed by atoms with E-state index in [4.69, 9.17) is 5.26 Å². The summed E-state index contributed by atoms with van der Waals surface area (Å²) in [4.78, 5) is 11.5. The van der Waals surface area contributed by atoms with E-state index in [2.05, 4.69) is 15.0 Å². The topological polar surface area (TPSA) is 65.4 Å². The number of aromatic amines is 1. The third kappa shape index (κ3) is 1.28. The number of pyridine rings is 1. The molecule has 1 N–H and O–H groups in total. The molecule has 3 rings (SSSR count). The molecule has 0 bridgehead atoms. The van der Waals surface area contributed by atoms with Crippen molar-refractivity contribution in [2.75, 3.05) is 0 Å². The minimum Gasteiger partial charge on any atom is -0.345 e. The second-order valence-corrected chi connectivity index (χ2v) is 4.11. The van der Waals surface area contributed by atoms with E-state index < -0.39 is 0 Å². The van der Waals surface area contributed by atoms with E-state index in [0.717, 1.165) is 22.3 Å².